The van der Waals surface area contributed by atoms with Crippen molar-refractivity contribution in [1.29, 1.82) is 0 Å². The van der Waals surface area contributed by atoms with Crippen molar-refractivity contribution in [1.82, 2.24) is 5.43 Å². The lowest BCUT2D eigenvalue weighted by atomic mass is 10.2. The molecule has 0 saturated carbocycles. The molecule has 6 rings (SSSR count). The van der Waals surface area contributed by atoms with E-state index in [2.05, 4.69) is 31.8 Å². The summed E-state index contributed by atoms with van der Waals surface area (Å²) >= 11 is 24.9. The highest BCUT2D eigenvalue weighted by atomic mass is 79.9. The summed E-state index contributed by atoms with van der Waals surface area (Å²) < 4.78 is 8.06. The molecule has 0 spiro atoms. The Kier molecular flexibility index (Phi) is 9.47. The van der Waals surface area contributed by atoms with E-state index in [-0.39, 0.29) is 21.6 Å². The number of hydrazone groups is 1. The molecule has 2 heterocycles. The smallest absolute Gasteiger partial charge is 0.355 e. The number of rotatable bonds is 7. The standard InChI is InChI=1S/C33H19BrCl3N3O4S2/c1-16-2-9-22-25(12-16)45-29(27(22)36)32(42)39-21-7-3-17(4-8-21)31(41)40-38-15-18-13-19(34)5-11-24(18)44-33(43)30-28(37)23-10-6-20(35)14-26(23)46-30/h2-15H,1H3,(H,39,42)(H,40,41)/b38-15-. The SMILES string of the molecule is Cc1ccc2c(Cl)c(C(=O)Nc3ccc(C(=O)N/N=C\c4cc(Br)ccc4OC(=O)c4sc5cc(Cl)ccc5c4Cl)cc3)sc2c1. The van der Waals surface area contributed by atoms with Crippen molar-refractivity contribution in [3.05, 3.63) is 125 Å². The number of anilines is 1. The van der Waals surface area contributed by atoms with E-state index in [1.807, 2.05) is 25.1 Å². The monoisotopic (exact) mass is 769 g/mol. The zero-order valence-electron chi connectivity index (χ0n) is 23.5. The van der Waals surface area contributed by atoms with Crippen LogP contribution in [0.5, 0.6) is 5.75 Å². The van der Waals surface area contributed by atoms with Crippen LogP contribution in [-0.2, 0) is 0 Å². The second-order valence-corrected chi connectivity index (χ2v) is 14.1. The molecule has 2 N–H and O–H groups in total. The molecule has 0 bridgehead atoms. The minimum absolute atomic E-state index is 0.215. The Morgan fingerprint density at radius 1 is 0.804 bits per heavy atom. The number of amides is 2. The highest BCUT2D eigenvalue weighted by Gasteiger charge is 2.21. The lowest BCUT2D eigenvalue weighted by Gasteiger charge is -2.08. The van der Waals surface area contributed by atoms with Gasteiger partial charge in [0.05, 0.1) is 16.3 Å². The molecule has 0 aliphatic rings. The quantitative estimate of drug-likeness (QED) is 0.0731. The van der Waals surface area contributed by atoms with E-state index in [1.165, 1.54) is 28.9 Å². The predicted molar refractivity (Wildman–Crippen MR) is 192 cm³/mol. The first-order valence-electron chi connectivity index (χ1n) is 13.4. The average molecular weight is 772 g/mol. The van der Waals surface area contributed by atoms with Crippen molar-refractivity contribution in [3.63, 3.8) is 0 Å². The number of ether oxygens (including phenoxy) is 1. The third kappa shape index (κ3) is 6.83. The summed E-state index contributed by atoms with van der Waals surface area (Å²) in [6, 6.07) is 22.4. The van der Waals surface area contributed by atoms with E-state index in [0.717, 1.165) is 20.3 Å². The second kappa shape index (κ2) is 13.5. The first-order chi connectivity index (χ1) is 22.1. The third-order valence-electron chi connectivity index (χ3n) is 6.72. The average Bonchev–Trinajstić information content (AvgIpc) is 3.53. The topological polar surface area (TPSA) is 96.9 Å². The number of benzene rings is 4. The maximum absolute atomic E-state index is 13.1. The van der Waals surface area contributed by atoms with Crippen LogP contribution in [0.2, 0.25) is 15.1 Å². The van der Waals surface area contributed by atoms with Crippen molar-refractivity contribution in [2.45, 2.75) is 6.92 Å². The highest BCUT2D eigenvalue weighted by Crippen LogP contribution is 2.38. The van der Waals surface area contributed by atoms with Crippen LogP contribution in [0.25, 0.3) is 20.2 Å². The first kappa shape index (κ1) is 32.2. The molecule has 6 aromatic rings. The molecule has 46 heavy (non-hydrogen) atoms. The zero-order chi connectivity index (χ0) is 32.5. The number of aryl methyl sites for hydroxylation is 1. The summed E-state index contributed by atoms with van der Waals surface area (Å²) in [6.45, 7) is 1.98. The number of hydrogen-bond donors (Lipinski definition) is 2. The maximum atomic E-state index is 13.1. The predicted octanol–water partition coefficient (Wildman–Crippen LogP) is 10.4. The van der Waals surface area contributed by atoms with Gasteiger partial charge in [0.25, 0.3) is 11.8 Å². The van der Waals surface area contributed by atoms with Gasteiger partial charge in [-0.2, -0.15) is 5.10 Å². The van der Waals surface area contributed by atoms with Gasteiger partial charge in [-0.15, -0.1) is 22.7 Å². The summed E-state index contributed by atoms with van der Waals surface area (Å²) in [6.07, 6.45) is 1.36. The number of hydrogen-bond acceptors (Lipinski definition) is 7. The van der Waals surface area contributed by atoms with Crippen molar-refractivity contribution in [2.24, 2.45) is 5.10 Å². The summed E-state index contributed by atoms with van der Waals surface area (Å²) in [4.78, 5) is 39.4. The number of thiophene rings is 2. The number of carbonyl (C=O) groups excluding carboxylic acids is 3. The Morgan fingerprint density at radius 3 is 2.24 bits per heavy atom. The van der Waals surface area contributed by atoms with Gasteiger partial charge in [-0.25, -0.2) is 10.2 Å². The van der Waals surface area contributed by atoms with E-state index >= 15 is 0 Å². The van der Waals surface area contributed by atoms with Crippen LogP contribution in [0.1, 0.15) is 40.8 Å². The lowest BCUT2D eigenvalue weighted by molar-refractivity contribution is 0.0739. The molecule has 0 atom stereocenters. The van der Waals surface area contributed by atoms with Crippen LogP contribution < -0.4 is 15.5 Å². The fourth-order valence-corrected chi connectivity index (χ4v) is 8.02. The molecule has 0 aliphatic heterocycles. The molecule has 230 valence electrons. The van der Waals surface area contributed by atoms with Crippen LogP contribution in [-0.4, -0.2) is 24.0 Å². The van der Waals surface area contributed by atoms with Gasteiger partial charge in [0.15, 0.2) is 0 Å². The van der Waals surface area contributed by atoms with Crippen molar-refractivity contribution in [3.8, 4) is 5.75 Å². The molecule has 0 fully saturated rings. The second-order valence-electron chi connectivity index (χ2n) is 9.93. The lowest BCUT2D eigenvalue weighted by Crippen LogP contribution is -2.18. The van der Waals surface area contributed by atoms with Gasteiger partial charge < -0.3 is 10.1 Å². The number of halogens is 4. The van der Waals surface area contributed by atoms with E-state index in [1.54, 1.807) is 60.7 Å². The molecular formula is C33H19BrCl3N3O4S2. The molecule has 2 amide bonds. The molecule has 0 unspecified atom stereocenters. The van der Waals surface area contributed by atoms with Crippen LogP contribution >= 0.6 is 73.4 Å². The minimum atomic E-state index is -0.639. The summed E-state index contributed by atoms with van der Waals surface area (Å²) in [5.74, 6) is -1.25. The van der Waals surface area contributed by atoms with Crippen LogP contribution in [0.4, 0.5) is 5.69 Å². The van der Waals surface area contributed by atoms with E-state index in [0.29, 0.717) is 41.6 Å². The normalized spacial score (nSPS) is 11.3. The van der Waals surface area contributed by atoms with Gasteiger partial charge in [-0.05, 0) is 73.2 Å². The number of fused-ring (bicyclic) bond motifs is 2. The van der Waals surface area contributed by atoms with Crippen LogP contribution in [0, 0.1) is 6.92 Å². The Morgan fingerprint density at radius 2 is 1.48 bits per heavy atom. The minimum Gasteiger partial charge on any atom is -0.422 e. The van der Waals surface area contributed by atoms with Gasteiger partial charge in [0.1, 0.15) is 15.5 Å². The van der Waals surface area contributed by atoms with Gasteiger partial charge in [-0.3, -0.25) is 9.59 Å². The van der Waals surface area contributed by atoms with Crippen LogP contribution in [0.15, 0.2) is 88.4 Å². The van der Waals surface area contributed by atoms with Crippen LogP contribution in [0.3, 0.4) is 0 Å². The van der Waals surface area contributed by atoms with Crippen molar-refractivity contribution >= 4 is 123 Å². The number of esters is 1. The Balaban J connectivity index is 1.11. The summed E-state index contributed by atoms with van der Waals surface area (Å²) in [5, 5.41) is 9.63. The highest BCUT2D eigenvalue weighted by molar-refractivity contribution is 9.10. The zero-order valence-corrected chi connectivity index (χ0v) is 29.0. The Hall–Kier alpha value is -3.77. The molecule has 0 aliphatic carbocycles. The molecule has 13 heteroatoms. The number of nitrogens with one attached hydrogen (secondary N) is 2. The molecule has 0 saturated heterocycles. The van der Waals surface area contributed by atoms with Crippen molar-refractivity contribution in [2.75, 3.05) is 5.32 Å². The maximum Gasteiger partial charge on any atom is 0.355 e. The fourth-order valence-electron chi connectivity index (χ4n) is 4.47. The van der Waals surface area contributed by atoms with Gasteiger partial charge in [0, 0.05) is 46.5 Å². The number of carbonyl (C=O) groups is 3. The van der Waals surface area contributed by atoms with E-state index < -0.39 is 11.9 Å². The number of nitrogens with zero attached hydrogens (tertiary/aromatic N) is 1. The van der Waals surface area contributed by atoms with E-state index in [4.69, 9.17) is 39.5 Å². The molecule has 4 aromatic carbocycles. The molecule has 7 nitrogen and oxygen atoms in total. The van der Waals surface area contributed by atoms with Gasteiger partial charge in [-0.1, -0.05) is 68.9 Å². The van der Waals surface area contributed by atoms with Gasteiger partial charge >= 0.3 is 5.97 Å². The van der Waals surface area contributed by atoms with Gasteiger partial charge in [0.2, 0.25) is 0 Å². The molecule has 0 radical (unpaired) electrons. The first-order valence-corrected chi connectivity index (χ1v) is 17.0. The molecule has 2 aromatic heterocycles. The Bertz CT molecular complexity index is 2210. The summed E-state index contributed by atoms with van der Waals surface area (Å²) in [7, 11) is 0. The van der Waals surface area contributed by atoms with Crippen molar-refractivity contribution < 1.29 is 19.1 Å². The Labute approximate surface area is 293 Å². The third-order valence-corrected chi connectivity index (χ3v) is 10.7. The van der Waals surface area contributed by atoms with E-state index in [9.17, 15) is 14.4 Å². The summed E-state index contributed by atoms with van der Waals surface area (Å²) in [5.41, 5.74) is 4.78. The largest absolute Gasteiger partial charge is 0.422 e. The fraction of sp³-hybridized carbons (Fsp3) is 0.0303. The molecular weight excluding hydrogens is 753 g/mol.